The van der Waals surface area contributed by atoms with Crippen molar-refractivity contribution in [3.8, 4) is 11.4 Å². The Morgan fingerprint density at radius 3 is 2.74 bits per heavy atom. The number of carbonyl (C=O) groups is 1. The molecule has 134 valence electrons. The average molecular weight is 378 g/mol. The Bertz CT molecular complexity index is 1070. The Kier molecular flexibility index (Phi) is 3.79. The number of hydrogen-bond acceptors (Lipinski definition) is 5. The van der Waals surface area contributed by atoms with Gasteiger partial charge >= 0.3 is 0 Å². The van der Waals surface area contributed by atoms with Crippen LogP contribution in [0.4, 0.5) is 5.95 Å². The summed E-state index contributed by atoms with van der Waals surface area (Å²) in [5.74, 6) is 1.35. The molecule has 1 aliphatic heterocycles. The molecule has 0 radical (unpaired) electrons. The van der Waals surface area contributed by atoms with Gasteiger partial charge in [-0.1, -0.05) is 29.8 Å². The van der Waals surface area contributed by atoms with Gasteiger partial charge in [-0.15, -0.1) is 5.10 Å². The van der Waals surface area contributed by atoms with Crippen LogP contribution >= 0.6 is 11.6 Å². The second-order valence-corrected chi connectivity index (χ2v) is 7.06. The van der Waals surface area contributed by atoms with Crippen molar-refractivity contribution in [2.24, 2.45) is 0 Å². The monoisotopic (exact) mass is 377 g/mol. The lowest BCUT2D eigenvalue weighted by molar-refractivity contribution is -0.116. The molecule has 0 saturated carbocycles. The molecule has 0 saturated heterocycles. The van der Waals surface area contributed by atoms with Crippen LogP contribution in [0.3, 0.4) is 0 Å². The van der Waals surface area contributed by atoms with Crippen LogP contribution in [0.2, 0.25) is 5.02 Å². The van der Waals surface area contributed by atoms with E-state index in [4.69, 9.17) is 16.7 Å². The Hall–Kier alpha value is -2.99. The second kappa shape index (κ2) is 6.32. The lowest BCUT2D eigenvalue weighted by atomic mass is 9.85. The fourth-order valence-corrected chi connectivity index (χ4v) is 4.00. The lowest BCUT2D eigenvalue weighted by Crippen LogP contribution is -2.31. The van der Waals surface area contributed by atoms with Gasteiger partial charge in [0.2, 0.25) is 5.95 Å². The van der Waals surface area contributed by atoms with E-state index in [0.29, 0.717) is 23.2 Å². The maximum Gasteiger partial charge on any atom is 0.226 e. The summed E-state index contributed by atoms with van der Waals surface area (Å²) in [6.45, 7) is 0. The van der Waals surface area contributed by atoms with Crippen LogP contribution in [0.25, 0.3) is 11.4 Å². The first-order chi connectivity index (χ1) is 13.2. The summed E-state index contributed by atoms with van der Waals surface area (Å²) in [7, 11) is 0. The zero-order valence-electron chi connectivity index (χ0n) is 14.4. The predicted octanol–water partition coefficient (Wildman–Crippen LogP) is 4.02. The number of Topliss-reactive ketones (excluding diaryl/α,β-unsaturated/α-hetero) is 1. The number of nitrogens with one attached hydrogen (secondary N) is 1. The molecule has 0 bridgehead atoms. The fraction of sp³-hybridized carbons (Fsp3) is 0.200. The number of benzene rings is 1. The third-order valence-corrected chi connectivity index (χ3v) is 5.35. The number of fused-ring (bicyclic) bond motifs is 1. The molecule has 1 aromatic carbocycles. The SMILES string of the molecule is O=C1CCCC2=C1[C@H](c1ccccc1Cl)n1nc(-c3ccncc3)nc1N2. The lowest BCUT2D eigenvalue weighted by Gasteiger charge is -2.32. The molecule has 1 atom stereocenters. The molecule has 3 aromatic rings. The maximum atomic E-state index is 12.8. The van der Waals surface area contributed by atoms with E-state index in [9.17, 15) is 4.79 Å². The minimum atomic E-state index is -0.374. The van der Waals surface area contributed by atoms with Crippen LogP contribution in [0.5, 0.6) is 0 Å². The normalized spacial score (nSPS) is 18.7. The molecule has 0 unspecified atom stereocenters. The molecule has 1 N–H and O–H groups in total. The van der Waals surface area contributed by atoms with Gasteiger partial charge in [0.05, 0.1) is 0 Å². The summed E-state index contributed by atoms with van der Waals surface area (Å²) >= 11 is 6.50. The summed E-state index contributed by atoms with van der Waals surface area (Å²) in [6, 6.07) is 11.0. The zero-order valence-corrected chi connectivity index (χ0v) is 15.1. The molecule has 27 heavy (non-hydrogen) atoms. The van der Waals surface area contributed by atoms with Crippen LogP contribution in [-0.2, 0) is 4.79 Å². The van der Waals surface area contributed by atoms with E-state index in [1.165, 1.54) is 0 Å². The zero-order chi connectivity index (χ0) is 18.4. The number of hydrogen-bond donors (Lipinski definition) is 1. The van der Waals surface area contributed by atoms with E-state index in [0.717, 1.165) is 35.2 Å². The molecule has 2 aliphatic rings. The van der Waals surface area contributed by atoms with Gasteiger partial charge in [0.1, 0.15) is 6.04 Å². The number of nitrogens with zero attached hydrogens (tertiary/aromatic N) is 4. The minimum absolute atomic E-state index is 0.139. The largest absolute Gasteiger partial charge is 0.328 e. The molecule has 6 nitrogen and oxygen atoms in total. The maximum absolute atomic E-state index is 12.8. The second-order valence-electron chi connectivity index (χ2n) is 6.66. The molecule has 0 amide bonds. The highest BCUT2D eigenvalue weighted by Crippen LogP contribution is 2.42. The molecule has 2 aromatic heterocycles. The van der Waals surface area contributed by atoms with Gasteiger partial charge in [0.15, 0.2) is 11.6 Å². The van der Waals surface area contributed by atoms with Gasteiger partial charge < -0.3 is 5.32 Å². The molecule has 0 spiro atoms. The van der Waals surface area contributed by atoms with Gasteiger partial charge in [-0.3, -0.25) is 9.78 Å². The van der Waals surface area contributed by atoms with Crippen LogP contribution in [0.1, 0.15) is 30.9 Å². The minimum Gasteiger partial charge on any atom is -0.328 e. The van der Waals surface area contributed by atoms with Gasteiger partial charge in [0.25, 0.3) is 0 Å². The first-order valence-electron chi connectivity index (χ1n) is 8.87. The van der Waals surface area contributed by atoms with Crippen molar-refractivity contribution >= 4 is 23.3 Å². The van der Waals surface area contributed by atoms with Crippen molar-refractivity contribution in [3.63, 3.8) is 0 Å². The molecular formula is C20H16ClN5O. The number of pyridine rings is 1. The van der Waals surface area contributed by atoms with E-state index in [-0.39, 0.29) is 11.8 Å². The highest BCUT2D eigenvalue weighted by molar-refractivity contribution is 6.31. The molecule has 3 heterocycles. The highest BCUT2D eigenvalue weighted by Gasteiger charge is 2.37. The molecule has 7 heteroatoms. The molecule has 0 fully saturated rings. The van der Waals surface area contributed by atoms with Crippen molar-refractivity contribution in [1.29, 1.82) is 0 Å². The van der Waals surface area contributed by atoms with E-state index in [1.807, 2.05) is 36.4 Å². The topological polar surface area (TPSA) is 72.7 Å². The van der Waals surface area contributed by atoms with E-state index in [2.05, 4.69) is 15.3 Å². The Balaban J connectivity index is 1.71. The van der Waals surface area contributed by atoms with Gasteiger partial charge in [0, 0.05) is 46.2 Å². The van der Waals surface area contributed by atoms with Crippen molar-refractivity contribution in [3.05, 3.63) is 70.6 Å². The summed E-state index contributed by atoms with van der Waals surface area (Å²) in [5, 5.41) is 8.66. The smallest absolute Gasteiger partial charge is 0.226 e. The van der Waals surface area contributed by atoms with Crippen molar-refractivity contribution in [1.82, 2.24) is 19.7 Å². The third kappa shape index (κ3) is 2.64. The summed E-state index contributed by atoms with van der Waals surface area (Å²) in [4.78, 5) is 21.5. The number of anilines is 1. The first kappa shape index (κ1) is 16.2. The van der Waals surface area contributed by atoms with Gasteiger partial charge in [-0.05, 0) is 31.0 Å². The number of allylic oxidation sites excluding steroid dienone is 2. The Labute approximate surface area is 160 Å². The van der Waals surface area contributed by atoms with Gasteiger partial charge in [-0.2, -0.15) is 4.98 Å². The number of aromatic nitrogens is 4. The van der Waals surface area contributed by atoms with Crippen LogP contribution < -0.4 is 5.32 Å². The average Bonchev–Trinajstić information content (AvgIpc) is 3.12. The van der Waals surface area contributed by atoms with E-state index >= 15 is 0 Å². The van der Waals surface area contributed by atoms with Crippen molar-refractivity contribution in [2.75, 3.05) is 5.32 Å². The summed E-state index contributed by atoms with van der Waals surface area (Å²) in [6.07, 6.45) is 5.62. The molecular weight excluding hydrogens is 362 g/mol. The van der Waals surface area contributed by atoms with Crippen LogP contribution in [0, 0.1) is 0 Å². The number of rotatable bonds is 2. The number of ketones is 1. The highest BCUT2D eigenvalue weighted by atomic mass is 35.5. The number of carbonyl (C=O) groups excluding carboxylic acids is 1. The van der Waals surface area contributed by atoms with E-state index in [1.54, 1.807) is 17.1 Å². The summed E-state index contributed by atoms with van der Waals surface area (Å²) < 4.78 is 1.78. The number of halogens is 1. The van der Waals surface area contributed by atoms with Crippen molar-refractivity contribution < 1.29 is 4.79 Å². The molecule has 5 rings (SSSR count). The van der Waals surface area contributed by atoms with E-state index < -0.39 is 0 Å². The third-order valence-electron chi connectivity index (χ3n) is 5.01. The van der Waals surface area contributed by atoms with Gasteiger partial charge in [-0.25, -0.2) is 4.68 Å². The Morgan fingerprint density at radius 2 is 1.93 bits per heavy atom. The Morgan fingerprint density at radius 1 is 1.11 bits per heavy atom. The van der Waals surface area contributed by atoms with Crippen LogP contribution in [-0.4, -0.2) is 25.5 Å². The van der Waals surface area contributed by atoms with Crippen molar-refractivity contribution in [2.45, 2.75) is 25.3 Å². The fourth-order valence-electron chi connectivity index (χ4n) is 3.76. The van der Waals surface area contributed by atoms with Crippen LogP contribution in [0.15, 0.2) is 60.1 Å². The summed E-state index contributed by atoms with van der Waals surface area (Å²) in [5.41, 5.74) is 3.40. The standard InChI is InChI=1S/C20H16ClN5O/c21-14-5-2-1-4-13(14)18-17-15(6-3-7-16(17)27)23-20-24-19(25-26(18)20)12-8-10-22-11-9-12/h1-2,4-5,8-11,18H,3,6-7H2,(H,23,24,25)/t18-/m0/s1. The molecule has 1 aliphatic carbocycles. The quantitative estimate of drug-likeness (QED) is 0.730. The predicted molar refractivity (Wildman–Crippen MR) is 102 cm³/mol. The first-order valence-corrected chi connectivity index (χ1v) is 9.25.